The second kappa shape index (κ2) is 6.68. The predicted octanol–water partition coefficient (Wildman–Crippen LogP) is 2.04. The predicted molar refractivity (Wildman–Crippen MR) is 51.6 cm³/mol. The van der Waals surface area contributed by atoms with Gasteiger partial charge in [-0.05, 0) is 12.1 Å². The summed E-state index contributed by atoms with van der Waals surface area (Å²) >= 11 is 5.57. The van der Waals surface area contributed by atoms with Crippen molar-refractivity contribution in [1.82, 2.24) is 4.98 Å². The summed E-state index contributed by atoms with van der Waals surface area (Å²) in [7, 11) is 0. The number of nitrogens with two attached hydrogens (primary N) is 1. The molecule has 5 heteroatoms. The molecule has 64 valence electrons. The van der Waals surface area contributed by atoms with Crippen LogP contribution in [0.5, 0.6) is 0 Å². The quantitative estimate of drug-likeness (QED) is 0.779. The van der Waals surface area contributed by atoms with Gasteiger partial charge in [0.2, 0.25) is 0 Å². The van der Waals surface area contributed by atoms with Gasteiger partial charge in [0.15, 0.2) is 0 Å². The van der Waals surface area contributed by atoms with E-state index in [2.05, 4.69) is 4.98 Å². The molecule has 1 rings (SSSR count). The SMILES string of the molecule is Cl.Cl.NCc1ccc(Cl)cn1. The minimum absolute atomic E-state index is 0. The molecule has 1 aromatic heterocycles. The van der Waals surface area contributed by atoms with Gasteiger partial charge in [-0.3, -0.25) is 4.98 Å². The summed E-state index contributed by atoms with van der Waals surface area (Å²) < 4.78 is 0. The van der Waals surface area contributed by atoms with Gasteiger partial charge in [-0.2, -0.15) is 0 Å². The minimum Gasteiger partial charge on any atom is -0.325 e. The van der Waals surface area contributed by atoms with Crippen LogP contribution in [0.15, 0.2) is 18.3 Å². The van der Waals surface area contributed by atoms with Gasteiger partial charge >= 0.3 is 0 Å². The van der Waals surface area contributed by atoms with Crippen LogP contribution in [-0.4, -0.2) is 4.98 Å². The van der Waals surface area contributed by atoms with E-state index in [1.807, 2.05) is 6.07 Å². The fourth-order valence-corrected chi connectivity index (χ4v) is 0.639. The lowest BCUT2D eigenvalue weighted by atomic mass is 10.4. The first-order valence-electron chi connectivity index (χ1n) is 2.63. The average Bonchev–Trinajstić information content (AvgIpc) is 1.90. The highest BCUT2D eigenvalue weighted by atomic mass is 35.5. The highest BCUT2D eigenvalue weighted by Gasteiger charge is 1.88. The van der Waals surface area contributed by atoms with E-state index in [0.717, 1.165) is 5.69 Å². The van der Waals surface area contributed by atoms with Crippen molar-refractivity contribution >= 4 is 36.4 Å². The van der Waals surface area contributed by atoms with Crippen molar-refractivity contribution in [3.63, 3.8) is 0 Å². The third kappa shape index (κ3) is 4.43. The summed E-state index contributed by atoms with van der Waals surface area (Å²) in [6.07, 6.45) is 1.59. The second-order valence-corrected chi connectivity index (χ2v) is 2.11. The summed E-state index contributed by atoms with van der Waals surface area (Å²) in [5.74, 6) is 0. The maximum atomic E-state index is 5.57. The van der Waals surface area contributed by atoms with Gasteiger partial charge in [0.1, 0.15) is 0 Å². The molecule has 0 aliphatic heterocycles. The lowest BCUT2D eigenvalue weighted by molar-refractivity contribution is 0.991. The topological polar surface area (TPSA) is 38.9 Å². The summed E-state index contributed by atoms with van der Waals surface area (Å²) in [6, 6.07) is 3.58. The molecule has 1 heterocycles. The first-order chi connectivity index (χ1) is 4.33. The van der Waals surface area contributed by atoms with Crippen LogP contribution in [0.2, 0.25) is 5.02 Å². The van der Waals surface area contributed by atoms with Crippen LogP contribution < -0.4 is 5.73 Å². The van der Waals surface area contributed by atoms with Crippen molar-refractivity contribution < 1.29 is 0 Å². The Morgan fingerprint density at radius 3 is 2.36 bits per heavy atom. The summed E-state index contributed by atoms with van der Waals surface area (Å²) in [6.45, 7) is 0.469. The van der Waals surface area contributed by atoms with E-state index in [-0.39, 0.29) is 24.8 Å². The number of rotatable bonds is 1. The molecule has 0 aromatic carbocycles. The smallest absolute Gasteiger partial charge is 0.0589 e. The van der Waals surface area contributed by atoms with Gasteiger partial charge in [0.25, 0.3) is 0 Å². The Kier molecular flexibility index (Phi) is 8.23. The molecular formula is C6H9Cl3N2. The van der Waals surface area contributed by atoms with Gasteiger partial charge in [-0.25, -0.2) is 0 Å². The summed E-state index contributed by atoms with van der Waals surface area (Å²) in [5.41, 5.74) is 6.15. The number of hydrogen-bond donors (Lipinski definition) is 1. The standard InChI is InChI=1S/C6H7ClN2.2ClH/c7-5-1-2-6(3-8)9-4-5;;/h1-2,4H,3,8H2;2*1H. The molecule has 0 fully saturated rings. The molecule has 11 heavy (non-hydrogen) atoms. The third-order valence-electron chi connectivity index (χ3n) is 0.998. The Morgan fingerprint density at radius 2 is 2.00 bits per heavy atom. The number of halogens is 3. The van der Waals surface area contributed by atoms with Gasteiger partial charge < -0.3 is 5.73 Å². The van der Waals surface area contributed by atoms with Gasteiger partial charge in [-0.15, -0.1) is 24.8 Å². The zero-order valence-electron chi connectivity index (χ0n) is 5.66. The fraction of sp³-hybridized carbons (Fsp3) is 0.167. The number of nitrogens with zero attached hydrogens (tertiary/aromatic N) is 1. The van der Waals surface area contributed by atoms with Gasteiger partial charge in [0, 0.05) is 12.7 Å². The first-order valence-corrected chi connectivity index (χ1v) is 3.01. The Hall–Kier alpha value is -0.0200. The molecule has 0 aliphatic rings. The molecular weight excluding hydrogens is 206 g/mol. The van der Waals surface area contributed by atoms with Crippen LogP contribution in [0.1, 0.15) is 5.69 Å². The zero-order valence-corrected chi connectivity index (χ0v) is 8.05. The van der Waals surface area contributed by atoms with E-state index in [4.69, 9.17) is 17.3 Å². The normalized spacial score (nSPS) is 7.82. The van der Waals surface area contributed by atoms with Crippen molar-refractivity contribution in [3.8, 4) is 0 Å². The molecule has 0 spiro atoms. The molecule has 2 N–H and O–H groups in total. The Balaban J connectivity index is 0. The zero-order chi connectivity index (χ0) is 6.69. The third-order valence-corrected chi connectivity index (χ3v) is 1.22. The van der Waals surface area contributed by atoms with Crippen molar-refractivity contribution in [2.75, 3.05) is 0 Å². The minimum atomic E-state index is 0. The van der Waals surface area contributed by atoms with Crippen molar-refractivity contribution in [2.45, 2.75) is 6.54 Å². The van der Waals surface area contributed by atoms with Gasteiger partial charge in [-0.1, -0.05) is 11.6 Å². The molecule has 0 aliphatic carbocycles. The maximum Gasteiger partial charge on any atom is 0.0589 e. The lowest BCUT2D eigenvalue weighted by Gasteiger charge is -1.92. The second-order valence-electron chi connectivity index (χ2n) is 1.67. The summed E-state index contributed by atoms with van der Waals surface area (Å²) in [5, 5.41) is 0.646. The fourth-order valence-electron chi connectivity index (χ4n) is 0.527. The maximum absolute atomic E-state index is 5.57. The van der Waals surface area contributed by atoms with E-state index >= 15 is 0 Å². The highest BCUT2D eigenvalue weighted by Crippen LogP contribution is 2.04. The molecule has 0 atom stereocenters. The Bertz CT molecular complexity index is 188. The average molecular weight is 216 g/mol. The van der Waals surface area contributed by atoms with Crippen LogP contribution in [0.25, 0.3) is 0 Å². The van der Waals surface area contributed by atoms with E-state index in [0.29, 0.717) is 11.6 Å². The van der Waals surface area contributed by atoms with Crippen LogP contribution in [-0.2, 0) is 6.54 Å². The van der Waals surface area contributed by atoms with E-state index in [1.54, 1.807) is 12.3 Å². The lowest BCUT2D eigenvalue weighted by Crippen LogP contribution is -1.97. The van der Waals surface area contributed by atoms with E-state index in [1.165, 1.54) is 0 Å². The molecule has 0 amide bonds. The highest BCUT2D eigenvalue weighted by molar-refractivity contribution is 6.30. The van der Waals surface area contributed by atoms with Crippen molar-refractivity contribution in [1.29, 1.82) is 0 Å². The molecule has 0 bridgehead atoms. The van der Waals surface area contributed by atoms with E-state index in [9.17, 15) is 0 Å². The van der Waals surface area contributed by atoms with Crippen LogP contribution >= 0.6 is 36.4 Å². The molecule has 2 nitrogen and oxygen atoms in total. The van der Waals surface area contributed by atoms with Crippen molar-refractivity contribution in [2.24, 2.45) is 5.73 Å². The largest absolute Gasteiger partial charge is 0.325 e. The number of pyridine rings is 1. The Labute approximate surface area is 83.0 Å². The monoisotopic (exact) mass is 214 g/mol. The molecule has 1 aromatic rings. The van der Waals surface area contributed by atoms with Gasteiger partial charge in [0.05, 0.1) is 10.7 Å². The van der Waals surface area contributed by atoms with E-state index < -0.39 is 0 Å². The Morgan fingerprint density at radius 1 is 1.36 bits per heavy atom. The summed E-state index contributed by atoms with van der Waals surface area (Å²) in [4.78, 5) is 3.94. The molecule has 0 radical (unpaired) electrons. The number of aromatic nitrogens is 1. The van der Waals surface area contributed by atoms with Crippen LogP contribution in [0, 0.1) is 0 Å². The molecule has 0 unspecified atom stereocenters. The van der Waals surface area contributed by atoms with Crippen molar-refractivity contribution in [3.05, 3.63) is 29.0 Å². The van der Waals surface area contributed by atoms with Crippen LogP contribution in [0.4, 0.5) is 0 Å². The molecule has 0 saturated carbocycles. The molecule has 0 saturated heterocycles. The first kappa shape index (κ1) is 13.6. The van der Waals surface area contributed by atoms with Crippen LogP contribution in [0.3, 0.4) is 0 Å². The number of hydrogen-bond acceptors (Lipinski definition) is 2.